The van der Waals surface area contributed by atoms with Crippen LogP contribution in [-0.2, 0) is 0 Å². The third kappa shape index (κ3) is 2.99. The van der Waals surface area contributed by atoms with E-state index < -0.39 is 20.0 Å². The van der Waals surface area contributed by atoms with Gasteiger partial charge in [-0.25, -0.2) is 4.39 Å². The predicted octanol–water partition coefficient (Wildman–Crippen LogP) is 5.00. The lowest BCUT2D eigenvalue weighted by Crippen LogP contribution is -2.44. The van der Waals surface area contributed by atoms with Gasteiger partial charge < -0.3 is 4.43 Å². The van der Waals surface area contributed by atoms with Crippen molar-refractivity contribution in [2.45, 2.75) is 38.9 Å². The molecule has 96 valence electrons. The lowest BCUT2D eigenvalue weighted by atomic mass is 10.2. The van der Waals surface area contributed by atoms with E-state index in [-0.39, 0.29) is 15.8 Å². The van der Waals surface area contributed by atoms with Crippen molar-refractivity contribution in [3.05, 3.63) is 28.8 Å². The Bertz CT molecular complexity index is 427. The first-order valence-corrected chi connectivity index (χ1v) is 8.67. The van der Waals surface area contributed by atoms with Gasteiger partial charge in [0.25, 0.3) is 8.32 Å². The highest BCUT2D eigenvalue weighted by Gasteiger charge is 2.39. The highest BCUT2D eigenvalue weighted by Crippen LogP contribution is 2.38. The van der Waals surface area contributed by atoms with Crippen molar-refractivity contribution in [1.29, 1.82) is 0 Å². The quantitative estimate of drug-likeness (QED) is 0.546. The summed E-state index contributed by atoms with van der Waals surface area (Å²) in [5.41, 5.74) is 0. The van der Waals surface area contributed by atoms with E-state index in [9.17, 15) is 8.78 Å². The maximum absolute atomic E-state index is 13.6. The first-order chi connectivity index (χ1) is 7.56. The van der Waals surface area contributed by atoms with Gasteiger partial charge in [-0.15, -0.1) is 0 Å². The van der Waals surface area contributed by atoms with Crippen LogP contribution >= 0.6 is 11.6 Å². The summed E-state index contributed by atoms with van der Waals surface area (Å²) in [6, 6.07) is 2.68. The number of halogens is 3. The molecule has 0 aromatic heterocycles. The number of benzene rings is 1. The molecule has 0 aliphatic rings. The topological polar surface area (TPSA) is 9.23 Å². The van der Waals surface area contributed by atoms with Crippen LogP contribution in [0, 0.1) is 11.6 Å². The molecule has 0 radical (unpaired) electrons. The van der Waals surface area contributed by atoms with Gasteiger partial charge in [0.2, 0.25) is 5.82 Å². The van der Waals surface area contributed by atoms with Gasteiger partial charge in [-0.1, -0.05) is 32.4 Å². The van der Waals surface area contributed by atoms with Gasteiger partial charge in [-0.2, -0.15) is 4.39 Å². The first kappa shape index (κ1) is 14.4. The molecule has 1 aromatic rings. The second kappa shape index (κ2) is 4.57. The van der Waals surface area contributed by atoms with E-state index in [4.69, 9.17) is 16.0 Å². The number of hydrogen-bond acceptors (Lipinski definition) is 1. The number of rotatable bonds is 2. The second-order valence-electron chi connectivity index (χ2n) is 5.54. The molecule has 1 nitrogen and oxygen atoms in total. The van der Waals surface area contributed by atoms with Crippen molar-refractivity contribution in [3.8, 4) is 5.75 Å². The van der Waals surface area contributed by atoms with Crippen LogP contribution in [0.25, 0.3) is 0 Å². The molecule has 0 amide bonds. The Morgan fingerprint density at radius 3 is 2.12 bits per heavy atom. The van der Waals surface area contributed by atoms with Crippen LogP contribution in [0.3, 0.4) is 0 Å². The summed E-state index contributed by atoms with van der Waals surface area (Å²) in [6.45, 7) is 10.0. The van der Waals surface area contributed by atoms with Crippen molar-refractivity contribution in [2.75, 3.05) is 0 Å². The van der Waals surface area contributed by atoms with Crippen molar-refractivity contribution in [2.24, 2.45) is 0 Å². The van der Waals surface area contributed by atoms with Crippen LogP contribution in [0.4, 0.5) is 8.78 Å². The van der Waals surface area contributed by atoms with E-state index in [1.165, 1.54) is 12.1 Å². The maximum atomic E-state index is 13.6. The molecular formula is C12H17ClF2OSi. The Hall–Kier alpha value is -0.613. The standard InChI is InChI=1S/C12H17ClF2OSi/c1-12(2,3)17(4,5)16-9-7-6-8(13)10(14)11(9)15/h6-7H,1-5H3. The minimum Gasteiger partial charge on any atom is -0.541 e. The maximum Gasteiger partial charge on any atom is 0.250 e. The van der Waals surface area contributed by atoms with E-state index in [0.29, 0.717) is 0 Å². The fourth-order valence-electron chi connectivity index (χ4n) is 1.01. The van der Waals surface area contributed by atoms with Crippen LogP contribution in [0.2, 0.25) is 23.2 Å². The molecule has 0 saturated heterocycles. The van der Waals surface area contributed by atoms with Gasteiger partial charge in [-0.05, 0) is 30.3 Å². The Morgan fingerprint density at radius 1 is 1.12 bits per heavy atom. The minimum atomic E-state index is -2.17. The van der Waals surface area contributed by atoms with Crippen LogP contribution in [0.1, 0.15) is 20.8 Å². The molecule has 0 fully saturated rings. The third-order valence-electron chi connectivity index (χ3n) is 3.17. The summed E-state index contributed by atoms with van der Waals surface area (Å²) in [4.78, 5) is 0. The molecule has 1 rings (SSSR count). The first-order valence-electron chi connectivity index (χ1n) is 5.39. The Balaban J connectivity index is 3.09. The molecule has 0 aliphatic carbocycles. The Kier molecular flexibility index (Phi) is 3.89. The van der Waals surface area contributed by atoms with E-state index in [1.54, 1.807) is 0 Å². The molecule has 0 heterocycles. The molecule has 5 heteroatoms. The molecular weight excluding hydrogens is 262 g/mol. The van der Waals surface area contributed by atoms with Gasteiger partial charge >= 0.3 is 0 Å². The monoisotopic (exact) mass is 278 g/mol. The van der Waals surface area contributed by atoms with Crippen molar-refractivity contribution >= 4 is 19.9 Å². The summed E-state index contributed by atoms with van der Waals surface area (Å²) in [5, 5.41) is -0.305. The van der Waals surface area contributed by atoms with Gasteiger partial charge in [0.05, 0.1) is 5.02 Å². The van der Waals surface area contributed by atoms with E-state index >= 15 is 0 Å². The zero-order valence-corrected chi connectivity index (χ0v) is 12.5. The number of hydrogen-bond donors (Lipinski definition) is 0. The molecule has 0 saturated carbocycles. The minimum absolute atomic E-state index is 0.0570. The average molecular weight is 279 g/mol. The lowest BCUT2D eigenvalue weighted by molar-refractivity contribution is 0.429. The molecule has 0 bridgehead atoms. The van der Waals surface area contributed by atoms with E-state index in [0.717, 1.165) is 0 Å². The summed E-state index contributed by atoms with van der Waals surface area (Å²) >= 11 is 5.49. The van der Waals surface area contributed by atoms with Crippen molar-refractivity contribution < 1.29 is 13.2 Å². The zero-order valence-electron chi connectivity index (χ0n) is 10.7. The SMILES string of the molecule is CC(C)(C)[Si](C)(C)Oc1ccc(Cl)c(F)c1F. The fraction of sp³-hybridized carbons (Fsp3) is 0.500. The smallest absolute Gasteiger partial charge is 0.250 e. The summed E-state index contributed by atoms with van der Waals surface area (Å²) in [7, 11) is -2.17. The average Bonchev–Trinajstić information content (AvgIpc) is 2.17. The molecule has 0 aliphatic heterocycles. The fourth-order valence-corrected chi connectivity index (χ4v) is 2.17. The van der Waals surface area contributed by atoms with Crippen LogP contribution in [0.15, 0.2) is 12.1 Å². The molecule has 0 N–H and O–H groups in total. The highest BCUT2D eigenvalue weighted by atomic mass is 35.5. The highest BCUT2D eigenvalue weighted by molar-refractivity contribution is 6.74. The van der Waals surface area contributed by atoms with Crippen molar-refractivity contribution in [1.82, 2.24) is 0 Å². The lowest BCUT2D eigenvalue weighted by Gasteiger charge is -2.36. The van der Waals surface area contributed by atoms with Crippen LogP contribution < -0.4 is 4.43 Å². The van der Waals surface area contributed by atoms with Gasteiger partial charge in [0.15, 0.2) is 5.82 Å². The zero-order chi connectivity index (χ0) is 13.4. The Morgan fingerprint density at radius 2 is 1.65 bits per heavy atom. The summed E-state index contributed by atoms with van der Waals surface area (Å²) in [6.07, 6.45) is 0. The van der Waals surface area contributed by atoms with Crippen LogP contribution in [-0.4, -0.2) is 8.32 Å². The molecule has 0 spiro atoms. The Labute approximate surface area is 107 Å². The second-order valence-corrected chi connectivity index (χ2v) is 10.7. The molecule has 1 aromatic carbocycles. The summed E-state index contributed by atoms with van der Waals surface area (Å²) < 4.78 is 32.6. The summed E-state index contributed by atoms with van der Waals surface area (Å²) in [5.74, 6) is -2.12. The molecule has 17 heavy (non-hydrogen) atoms. The molecule has 0 atom stereocenters. The molecule has 0 unspecified atom stereocenters. The van der Waals surface area contributed by atoms with E-state index in [1.807, 2.05) is 33.9 Å². The van der Waals surface area contributed by atoms with Gasteiger partial charge in [0.1, 0.15) is 5.75 Å². The third-order valence-corrected chi connectivity index (χ3v) is 7.81. The largest absolute Gasteiger partial charge is 0.541 e. The van der Waals surface area contributed by atoms with Gasteiger partial charge in [0, 0.05) is 0 Å². The van der Waals surface area contributed by atoms with Crippen LogP contribution in [0.5, 0.6) is 5.75 Å². The van der Waals surface area contributed by atoms with Gasteiger partial charge in [-0.3, -0.25) is 0 Å². The normalized spacial score (nSPS) is 12.7. The van der Waals surface area contributed by atoms with E-state index in [2.05, 4.69) is 0 Å². The predicted molar refractivity (Wildman–Crippen MR) is 69.2 cm³/mol. The van der Waals surface area contributed by atoms with Crippen molar-refractivity contribution in [3.63, 3.8) is 0 Å².